The highest BCUT2D eigenvalue weighted by atomic mass is 16.3. The Kier molecular flexibility index (Phi) is 5.10. The van der Waals surface area contributed by atoms with Gasteiger partial charge < -0.3 is 19.5 Å². The molecule has 0 radical (unpaired) electrons. The molecule has 0 amide bonds. The van der Waals surface area contributed by atoms with E-state index in [9.17, 15) is 0 Å². The van der Waals surface area contributed by atoms with Gasteiger partial charge in [0.2, 0.25) is 0 Å². The van der Waals surface area contributed by atoms with Crippen LogP contribution in [-0.4, -0.2) is 19.0 Å². The summed E-state index contributed by atoms with van der Waals surface area (Å²) in [7, 11) is 0. The van der Waals surface area contributed by atoms with E-state index in [1.807, 2.05) is 31.2 Å². The lowest BCUT2D eigenvalue weighted by atomic mass is 10.3. The summed E-state index contributed by atoms with van der Waals surface area (Å²) in [5.41, 5.74) is 0. The standard InChI is InChI=1S/C14H19N3O2/c1-2-15-14(17-11-13-6-4-10-19-13)16-8-7-12-5-3-9-18-12/h3-6,9-10H,2,7-8,11H2,1H3,(H2,15,16,17). The highest BCUT2D eigenvalue weighted by Gasteiger charge is 2.00. The van der Waals surface area contributed by atoms with Gasteiger partial charge in [0.25, 0.3) is 0 Å². The van der Waals surface area contributed by atoms with Crippen LogP contribution in [-0.2, 0) is 13.0 Å². The summed E-state index contributed by atoms with van der Waals surface area (Å²) in [6.45, 7) is 4.17. The number of nitrogens with one attached hydrogen (secondary N) is 2. The molecule has 0 bridgehead atoms. The van der Waals surface area contributed by atoms with E-state index in [0.717, 1.165) is 37.0 Å². The van der Waals surface area contributed by atoms with Gasteiger partial charge in [0.15, 0.2) is 5.96 Å². The Balaban J connectivity index is 1.79. The molecular weight excluding hydrogens is 242 g/mol. The maximum atomic E-state index is 5.28. The third-order valence-corrected chi connectivity index (χ3v) is 2.56. The van der Waals surface area contributed by atoms with Crippen LogP contribution in [0.2, 0.25) is 0 Å². The zero-order valence-corrected chi connectivity index (χ0v) is 11.1. The fraction of sp³-hybridized carbons (Fsp3) is 0.357. The average Bonchev–Trinajstić information content (AvgIpc) is 3.09. The molecule has 0 atom stereocenters. The van der Waals surface area contributed by atoms with Gasteiger partial charge in [-0.2, -0.15) is 0 Å². The molecule has 0 aliphatic heterocycles. The van der Waals surface area contributed by atoms with E-state index in [2.05, 4.69) is 15.6 Å². The summed E-state index contributed by atoms with van der Waals surface area (Å²) in [5.74, 6) is 2.60. The summed E-state index contributed by atoms with van der Waals surface area (Å²) in [6, 6.07) is 7.64. The molecule has 2 N–H and O–H groups in total. The minimum Gasteiger partial charge on any atom is -0.469 e. The first-order chi connectivity index (χ1) is 9.38. The topological polar surface area (TPSA) is 62.7 Å². The number of aliphatic imine (C=N–C) groups is 1. The lowest BCUT2D eigenvalue weighted by Crippen LogP contribution is -2.38. The molecule has 0 saturated heterocycles. The van der Waals surface area contributed by atoms with Gasteiger partial charge >= 0.3 is 0 Å². The molecule has 0 aromatic carbocycles. The Hall–Kier alpha value is -2.17. The van der Waals surface area contributed by atoms with Crippen LogP contribution in [0.5, 0.6) is 0 Å². The van der Waals surface area contributed by atoms with Crippen LogP contribution in [0.4, 0.5) is 0 Å². The Morgan fingerprint density at radius 2 is 1.84 bits per heavy atom. The van der Waals surface area contributed by atoms with E-state index in [0.29, 0.717) is 6.54 Å². The lowest BCUT2D eigenvalue weighted by molar-refractivity contribution is 0.505. The second-order valence-corrected chi connectivity index (χ2v) is 4.03. The van der Waals surface area contributed by atoms with Crippen LogP contribution in [0.3, 0.4) is 0 Å². The predicted molar refractivity (Wildman–Crippen MR) is 73.9 cm³/mol. The van der Waals surface area contributed by atoms with Crippen molar-refractivity contribution in [1.82, 2.24) is 10.6 Å². The quantitative estimate of drug-likeness (QED) is 0.618. The van der Waals surface area contributed by atoms with Crippen LogP contribution in [0.1, 0.15) is 18.4 Å². The number of rotatable bonds is 6. The molecule has 0 spiro atoms. The van der Waals surface area contributed by atoms with E-state index in [1.54, 1.807) is 12.5 Å². The van der Waals surface area contributed by atoms with Crippen LogP contribution < -0.4 is 10.6 Å². The molecule has 102 valence electrons. The van der Waals surface area contributed by atoms with Gasteiger partial charge in [-0.25, -0.2) is 4.99 Å². The zero-order valence-electron chi connectivity index (χ0n) is 11.1. The maximum Gasteiger partial charge on any atom is 0.191 e. The van der Waals surface area contributed by atoms with Crippen LogP contribution >= 0.6 is 0 Å². The summed E-state index contributed by atoms with van der Waals surface area (Å²) < 4.78 is 10.5. The Bertz CT molecular complexity index is 475. The zero-order chi connectivity index (χ0) is 13.3. The van der Waals surface area contributed by atoms with Crippen molar-refractivity contribution in [3.05, 3.63) is 48.3 Å². The van der Waals surface area contributed by atoms with Crippen LogP contribution in [0, 0.1) is 0 Å². The molecule has 0 saturated carbocycles. The van der Waals surface area contributed by atoms with Gasteiger partial charge in [-0.05, 0) is 31.2 Å². The summed E-state index contributed by atoms with van der Waals surface area (Å²) in [6.07, 6.45) is 4.17. The molecule has 2 rings (SSSR count). The minimum absolute atomic E-state index is 0.531. The number of hydrogen-bond acceptors (Lipinski definition) is 3. The second-order valence-electron chi connectivity index (χ2n) is 4.03. The van der Waals surface area contributed by atoms with Gasteiger partial charge in [0.05, 0.1) is 12.5 Å². The molecule has 19 heavy (non-hydrogen) atoms. The van der Waals surface area contributed by atoms with Crippen molar-refractivity contribution in [2.75, 3.05) is 13.1 Å². The Morgan fingerprint density at radius 3 is 2.47 bits per heavy atom. The van der Waals surface area contributed by atoms with Gasteiger partial charge in [0, 0.05) is 19.5 Å². The largest absolute Gasteiger partial charge is 0.469 e. The molecule has 2 aromatic rings. The van der Waals surface area contributed by atoms with Gasteiger partial charge in [-0.15, -0.1) is 0 Å². The molecule has 5 heteroatoms. The van der Waals surface area contributed by atoms with E-state index in [-0.39, 0.29) is 0 Å². The van der Waals surface area contributed by atoms with E-state index in [1.165, 1.54) is 0 Å². The van der Waals surface area contributed by atoms with Gasteiger partial charge in [0.1, 0.15) is 18.1 Å². The highest BCUT2D eigenvalue weighted by Crippen LogP contribution is 2.01. The monoisotopic (exact) mass is 261 g/mol. The number of nitrogens with zero attached hydrogens (tertiary/aromatic N) is 1. The van der Waals surface area contributed by atoms with Gasteiger partial charge in [-0.3, -0.25) is 0 Å². The number of hydrogen-bond donors (Lipinski definition) is 2. The SMILES string of the molecule is CCNC(=NCc1ccco1)NCCc1ccco1. The normalized spacial score (nSPS) is 11.5. The van der Waals surface area contributed by atoms with Crippen molar-refractivity contribution in [3.8, 4) is 0 Å². The van der Waals surface area contributed by atoms with E-state index >= 15 is 0 Å². The minimum atomic E-state index is 0.531. The van der Waals surface area contributed by atoms with Crippen molar-refractivity contribution in [2.24, 2.45) is 4.99 Å². The lowest BCUT2D eigenvalue weighted by Gasteiger charge is -2.10. The Morgan fingerprint density at radius 1 is 1.11 bits per heavy atom. The van der Waals surface area contributed by atoms with Crippen molar-refractivity contribution in [3.63, 3.8) is 0 Å². The molecule has 2 aromatic heterocycles. The Labute approximate surface area is 112 Å². The highest BCUT2D eigenvalue weighted by molar-refractivity contribution is 5.79. The first-order valence-corrected chi connectivity index (χ1v) is 6.45. The van der Waals surface area contributed by atoms with Crippen molar-refractivity contribution in [2.45, 2.75) is 19.9 Å². The molecule has 0 aliphatic carbocycles. The second kappa shape index (κ2) is 7.31. The van der Waals surface area contributed by atoms with Crippen molar-refractivity contribution < 1.29 is 8.83 Å². The number of guanidine groups is 1. The summed E-state index contributed by atoms with van der Waals surface area (Å²) in [4.78, 5) is 4.44. The average molecular weight is 261 g/mol. The molecule has 2 heterocycles. The van der Waals surface area contributed by atoms with Crippen molar-refractivity contribution >= 4 is 5.96 Å². The smallest absolute Gasteiger partial charge is 0.191 e. The molecule has 0 fully saturated rings. The van der Waals surface area contributed by atoms with E-state index in [4.69, 9.17) is 8.83 Å². The molecular formula is C14H19N3O2. The first kappa shape index (κ1) is 13.3. The fourth-order valence-corrected chi connectivity index (χ4v) is 1.66. The third-order valence-electron chi connectivity index (χ3n) is 2.56. The fourth-order valence-electron chi connectivity index (χ4n) is 1.66. The maximum absolute atomic E-state index is 5.28. The molecule has 0 aliphatic rings. The summed E-state index contributed by atoms with van der Waals surface area (Å²) >= 11 is 0. The van der Waals surface area contributed by atoms with E-state index < -0.39 is 0 Å². The third kappa shape index (κ3) is 4.54. The van der Waals surface area contributed by atoms with Gasteiger partial charge in [-0.1, -0.05) is 0 Å². The first-order valence-electron chi connectivity index (χ1n) is 6.45. The van der Waals surface area contributed by atoms with Crippen LogP contribution in [0.15, 0.2) is 50.6 Å². The molecule has 0 unspecified atom stereocenters. The van der Waals surface area contributed by atoms with Crippen molar-refractivity contribution in [1.29, 1.82) is 0 Å². The predicted octanol–water partition coefficient (Wildman–Crippen LogP) is 2.17. The summed E-state index contributed by atoms with van der Waals surface area (Å²) in [5, 5.41) is 6.45. The van der Waals surface area contributed by atoms with Crippen LogP contribution in [0.25, 0.3) is 0 Å². The number of furan rings is 2. The molecule has 5 nitrogen and oxygen atoms in total.